The van der Waals surface area contributed by atoms with E-state index in [0.29, 0.717) is 5.56 Å². The highest BCUT2D eigenvalue weighted by Crippen LogP contribution is 2.43. The zero-order valence-electron chi connectivity index (χ0n) is 12.7. The Bertz CT molecular complexity index is 592. The van der Waals surface area contributed by atoms with Gasteiger partial charge in [0.15, 0.2) is 0 Å². The van der Waals surface area contributed by atoms with Gasteiger partial charge >= 0.3 is 5.97 Å². The van der Waals surface area contributed by atoms with Crippen LogP contribution in [0, 0.1) is 18.7 Å². The summed E-state index contributed by atoms with van der Waals surface area (Å²) in [7, 11) is 0. The first-order chi connectivity index (χ1) is 9.62. The molecule has 1 aromatic carbocycles. The van der Waals surface area contributed by atoms with Crippen molar-refractivity contribution in [2.75, 3.05) is 0 Å². The number of carboxylic acid groups (broad SMARTS) is 1. The summed E-state index contributed by atoms with van der Waals surface area (Å²) in [5, 5.41) is 9.43. The molecule has 1 N–H and O–H groups in total. The van der Waals surface area contributed by atoms with Crippen LogP contribution in [0.15, 0.2) is 18.2 Å². The smallest absolute Gasteiger partial charge is 0.309 e. The zero-order valence-corrected chi connectivity index (χ0v) is 12.7. The van der Waals surface area contributed by atoms with Crippen LogP contribution in [0.25, 0.3) is 0 Å². The number of likely N-dealkylation sites (tertiary alicyclic amines) is 1. The number of hydrogen-bond acceptors (Lipinski definition) is 2. The Morgan fingerprint density at radius 1 is 1.38 bits per heavy atom. The minimum atomic E-state index is -1.02. The van der Waals surface area contributed by atoms with Crippen molar-refractivity contribution < 1.29 is 19.1 Å². The number of amides is 1. The average Bonchev–Trinajstić information content (AvgIpc) is 2.69. The Hall–Kier alpha value is -1.91. The van der Waals surface area contributed by atoms with Crippen molar-refractivity contribution in [2.45, 2.75) is 45.7 Å². The lowest BCUT2D eigenvalue weighted by Crippen LogP contribution is -2.44. The molecule has 1 aliphatic heterocycles. The standard InChI is InChI=1S/C16H20FNO3/c1-9-5-6-10(17)7-11(9)14-12(15(20)21)8-13(19)18(14)16(2,3)4/h5-7,12,14H,8H2,1-4H3,(H,20,21). The summed E-state index contributed by atoms with van der Waals surface area (Å²) >= 11 is 0. The molecule has 1 amide bonds. The van der Waals surface area contributed by atoms with Gasteiger partial charge in [-0.25, -0.2) is 4.39 Å². The lowest BCUT2D eigenvalue weighted by atomic mass is 9.89. The molecule has 1 fully saturated rings. The summed E-state index contributed by atoms with van der Waals surface area (Å²) in [6, 6.07) is 3.67. The van der Waals surface area contributed by atoms with Gasteiger partial charge < -0.3 is 10.0 Å². The fourth-order valence-electron chi connectivity index (χ4n) is 3.03. The summed E-state index contributed by atoms with van der Waals surface area (Å²) in [6.07, 6.45) is -0.0484. The van der Waals surface area contributed by atoms with E-state index in [0.717, 1.165) is 5.56 Å². The first kappa shape index (κ1) is 15.5. The predicted octanol–water partition coefficient (Wildman–Crippen LogP) is 2.91. The van der Waals surface area contributed by atoms with Crippen LogP contribution in [0.5, 0.6) is 0 Å². The fraction of sp³-hybridized carbons (Fsp3) is 0.500. The van der Waals surface area contributed by atoms with Crippen molar-refractivity contribution in [3.63, 3.8) is 0 Å². The van der Waals surface area contributed by atoms with Crippen molar-refractivity contribution in [3.8, 4) is 0 Å². The van der Waals surface area contributed by atoms with Crippen molar-refractivity contribution in [2.24, 2.45) is 5.92 Å². The number of carbonyl (C=O) groups is 2. The SMILES string of the molecule is Cc1ccc(F)cc1C1C(C(=O)O)CC(=O)N1C(C)(C)C. The maximum absolute atomic E-state index is 13.6. The summed E-state index contributed by atoms with van der Waals surface area (Å²) in [4.78, 5) is 25.4. The van der Waals surface area contributed by atoms with Crippen LogP contribution in [0.2, 0.25) is 0 Å². The molecule has 0 saturated carbocycles. The van der Waals surface area contributed by atoms with Gasteiger partial charge in [-0.05, 0) is 51.0 Å². The Balaban J connectivity index is 2.60. The van der Waals surface area contributed by atoms with E-state index in [-0.39, 0.29) is 12.3 Å². The van der Waals surface area contributed by atoms with Gasteiger partial charge in [0.2, 0.25) is 5.91 Å². The van der Waals surface area contributed by atoms with Crippen LogP contribution >= 0.6 is 0 Å². The maximum atomic E-state index is 13.6. The summed E-state index contributed by atoms with van der Waals surface area (Å²) in [5.74, 6) is -2.50. The molecular weight excluding hydrogens is 273 g/mol. The number of benzene rings is 1. The second kappa shape index (κ2) is 5.13. The second-order valence-corrected chi connectivity index (χ2v) is 6.53. The first-order valence-corrected chi connectivity index (χ1v) is 6.94. The van der Waals surface area contributed by atoms with Gasteiger partial charge in [0.25, 0.3) is 0 Å². The quantitative estimate of drug-likeness (QED) is 0.912. The van der Waals surface area contributed by atoms with E-state index < -0.39 is 29.3 Å². The van der Waals surface area contributed by atoms with Crippen LogP contribution < -0.4 is 0 Å². The molecule has 0 spiro atoms. The van der Waals surface area contributed by atoms with Crippen LogP contribution in [0.4, 0.5) is 4.39 Å². The molecule has 0 aromatic heterocycles. The van der Waals surface area contributed by atoms with Crippen molar-refractivity contribution in [1.82, 2.24) is 4.90 Å². The van der Waals surface area contributed by atoms with Crippen LogP contribution in [-0.4, -0.2) is 27.4 Å². The molecule has 4 nitrogen and oxygen atoms in total. The van der Waals surface area contributed by atoms with E-state index >= 15 is 0 Å². The number of hydrogen-bond donors (Lipinski definition) is 1. The third kappa shape index (κ3) is 2.77. The third-order valence-corrected chi connectivity index (χ3v) is 3.92. The van der Waals surface area contributed by atoms with Crippen molar-refractivity contribution in [1.29, 1.82) is 0 Å². The Labute approximate surface area is 123 Å². The van der Waals surface area contributed by atoms with Crippen molar-refractivity contribution in [3.05, 3.63) is 35.1 Å². The third-order valence-electron chi connectivity index (χ3n) is 3.92. The molecular formula is C16H20FNO3. The Kier molecular flexibility index (Phi) is 3.78. The van der Waals surface area contributed by atoms with Gasteiger partial charge in [0.1, 0.15) is 5.82 Å². The molecule has 21 heavy (non-hydrogen) atoms. The van der Waals surface area contributed by atoms with Crippen LogP contribution in [0.3, 0.4) is 0 Å². The van der Waals surface area contributed by atoms with Crippen LogP contribution in [-0.2, 0) is 9.59 Å². The van der Waals surface area contributed by atoms with Crippen molar-refractivity contribution >= 4 is 11.9 Å². The monoisotopic (exact) mass is 293 g/mol. The first-order valence-electron chi connectivity index (χ1n) is 6.94. The average molecular weight is 293 g/mol. The number of carboxylic acids is 1. The topological polar surface area (TPSA) is 57.6 Å². The van der Waals surface area contributed by atoms with Gasteiger partial charge in [-0.2, -0.15) is 0 Å². The molecule has 114 valence electrons. The summed E-state index contributed by atoms with van der Waals surface area (Å²) < 4.78 is 13.6. The summed E-state index contributed by atoms with van der Waals surface area (Å²) in [5.41, 5.74) is 0.838. The van der Waals surface area contributed by atoms with Crippen LogP contribution in [0.1, 0.15) is 44.4 Å². The lowest BCUT2D eigenvalue weighted by molar-refractivity contribution is -0.142. The molecule has 2 rings (SSSR count). The highest BCUT2D eigenvalue weighted by molar-refractivity contribution is 5.88. The number of nitrogens with zero attached hydrogens (tertiary/aromatic N) is 1. The van der Waals surface area contributed by atoms with E-state index in [1.807, 2.05) is 20.8 Å². The Morgan fingerprint density at radius 3 is 2.52 bits per heavy atom. The van der Waals surface area contributed by atoms with E-state index in [1.165, 1.54) is 12.1 Å². The highest BCUT2D eigenvalue weighted by Gasteiger charge is 2.49. The summed E-state index contributed by atoms with van der Waals surface area (Å²) in [6.45, 7) is 7.38. The number of carbonyl (C=O) groups excluding carboxylic acids is 1. The minimum absolute atomic E-state index is 0.0484. The van der Waals surface area contributed by atoms with E-state index in [9.17, 15) is 19.1 Å². The number of halogens is 1. The Morgan fingerprint density at radius 2 is 2.00 bits per heavy atom. The minimum Gasteiger partial charge on any atom is -0.481 e. The number of rotatable bonds is 2. The maximum Gasteiger partial charge on any atom is 0.309 e. The van der Waals surface area contributed by atoms with Gasteiger partial charge in [-0.3, -0.25) is 9.59 Å². The predicted molar refractivity (Wildman–Crippen MR) is 76.2 cm³/mol. The zero-order chi connectivity index (χ0) is 15.9. The molecule has 0 bridgehead atoms. The fourth-order valence-corrected chi connectivity index (χ4v) is 3.03. The van der Waals surface area contributed by atoms with E-state index in [2.05, 4.69) is 0 Å². The molecule has 1 aliphatic rings. The second-order valence-electron chi connectivity index (χ2n) is 6.53. The molecule has 1 aromatic rings. The molecule has 5 heteroatoms. The lowest BCUT2D eigenvalue weighted by Gasteiger charge is -2.39. The van der Waals surface area contributed by atoms with E-state index in [4.69, 9.17) is 0 Å². The molecule has 1 saturated heterocycles. The van der Waals surface area contributed by atoms with E-state index in [1.54, 1.807) is 17.9 Å². The van der Waals surface area contributed by atoms with Gasteiger partial charge in [-0.15, -0.1) is 0 Å². The van der Waals surface area contributed by atoms with Gasteiger partial charge in [-0.1, -0.05) is 6.07 Å². The largest absolute Gasteiger partial charge is 0.481 e. The normalized spacial score (nSPS) is 22.7. The van der Waals surface area contributed by atoms with Gasteiger partial charge in [0.05, 0.1) is 12.0 Å². The molecule has 2 unspecified atom stereocenters. The molecule has 1 heterocycles. The molecule has 0 radical (unpaired) electrons. The highest BCUT2D eigenvalue weighted by atomic mass is 19.1. The number of aliphatic carboxylic acids is 1. The van der Waals surface area contributed by atoms with Gasteiger partial charge in [0, 0.05) is 12.0 Å². The number of aryl methyl sites for hydroxylation is 1. The molecule has 2 atom stereocenters. The molecule has 0 aliphatic carbocycles.